The summed E-state index contributed by atoms with van der Waals surface area (Å²) in [7, 11) is -0.212. The summed E-state index contributed by atoms with van der Waals surface area (Å²) in [5, 5.41) is 7.09. The Morgan fingerprint density at radius 3 is 2.13 bits per heavy atom. The van der Waals surface area contributed by atoms with Crippen LogP contribution in [0.2, 0.25) is 16.6 Å². The number of carbonyl (C=O) groups is 1. The van der Waals surface area contributed by atoms with Crippen LogP contribution in [0.4, 0.5) is 5.82 Å². The summed E-state index contributed by atoms with van der Waals surface area (Å²) < 4.78 is 20.7. The molecule has 0 saturated carbocycles. The van der Waals surface area contributed by atoms with Crippen LogP contribution in [-0.4, -0.2) is 36.7 Å². The number of anilines is 1. The maximum absolute atomic E-state index is 13.1. The first-order valence-corrected chi connectivity index (χ1v) is 15.6. The highest BCUT2D eigenvalue weighted by Gasteiger charge is 2.45. The first kappa shape index (κ1) is 29.5. The highest BCUT2D eigenvalue weighted by Crippen LogP contribution is 2.42. The number of rotatable bonds is 13. The number of aromatic nitrogens is 2. The number of ether oxygens (including phenoxy) is 2. The number of aryl methyl sites for hydroxylation is 1. The lowest BCUT2D eigenvalue weighted by Gasteiger charge is -2.42. The number of benzene rings is 2. The molecular formula is C30H43N3O4Si. The van der Waals surface area contributed by atoms with Gasteiger partial charge in [0.15, 0.2) is 5.82 Å². The average Bonchev–Trinajstić information content (AvgIpc) is 3.27. The number of hydrogen-bond donors (Lipinski definition) is 1. The van der Waals surface area contributed by atoms with Crippen LogP contribution in [0.15, 0.2) is 60.8 Å². The van der Waals surface area contributed by atoms with E-state index in [1.165, 1.54) is 0 Å². The van der Waals surface area contributed by atoms with Crippen molar-refractivity contribution < 1.29 is 18.7 Å². The van der Waals surface area contributed by atoms with Crippen molar-refractivity contribution in [3.05, 3.63) is 71.9 Å². The maximum Gasteiger partial charge on any atom is 0.257 e. The standard InChI is InChI=1S/C30H43N3O4Si/c1-21(2)38(22(3)4,23(5)6)36-19-24(7)37-28-17-26(30(34)31-29-14-15-33(8)32-29)16-27(18-28)35-20-25-12-10-9-11-13-25/h9-18,21-24H,19-20H2,1-8H3,(H,31,32,34). The Morgan fingerprint density at radius 2 is 1.55 bits per heavy atom. The molecule has 0 fully saturated rings. The molecule has 206 valence electrons. The van der Waals surface area contributed by atoms with E-state index in [0.717, 1.165) is 5.56 Å². The van der Waals surface area contributed by atoms with Crippen LogP contribution in [0.25, 0.3) is 0 Å². The zero-order valence-corrected chi connectivity index (χ0v) is 25.0. The van der Waals surface area contributed by atoms with Gasteiger partial charge in [0.2, 0.25) is 8.32 Å². The first-order valence-electron chi connectivity index (χ1n) is 13.4. The summed E-state index contributed by atoms with van der Waals surface area (Å²) in [6.45, 7) is 16.5. The summed E-state index contributed by atoms with van der Waals surface area (Å²) in [6, 6.07) is 17.0. The molecule has 0 spiro atoms. The van der Waals surface area contributed by atoms with Gasteiger partial charge in [0.25, 0.3) is 5.91 Å². The maximum atomic E-state index is 13.1. The van der Waals surface area contributed by atoms with E-state index in [9.17, 15) is 4.79 Å². The first-order chi connectivity index (χ1) is 18.0. The molecule has 0 radical (unpaired) electrons. The molecule has 3 aromatic rings. The zero-order chi connectivity index (χ0) is 27.9. The Hall–Kier alpha value is -3.10. The Balaban J connectivity index is 1.79. The average molecular weight is 538 g/mol. The molecule has 0 bridgehead atoms. The van der Waals surface area contributed by atoms with Gasteiger partial charge in [-0.05, 0) is 41.2 Å². The second-order valence-electron chi connectivity index (χ2n) is 10.9. The quantitative estimate of drug-likeness (QED) is 0.233. The fraction of sp³-hybridized carbons (Fsp3) is 0.467. The van der Waals surface area contributed by atoms with Crippen LogP contribution in [0, 0.1) is 0 Å². The molecule has 0 aliphatic carbocycles. The van der Waals surface area contributed by atoms with E-state index in [1.54, 1.807) is 36.1 Å². The minimum absolute atomic E-state index is 0.200. The molecule has 2 aromatic carbocycles. The van der Waals surface area contributed by atoms with Crippen molar-refractivity contribution in [1.29, 1.82) is 0 Å². The highest BCUT2D eigenvalue weighted by atomic mass is 28.4. The van der Waals surface area contributed by atoms with Crippen LogP contribution in [0.5, 0.6) is 11.5 Å². The Bertz CT molecular complexity index is 1160. The lowest BCUT2D eigenvalue weighted by atomic mass is 10.1. The van der Waals surface area contributed by atoms with Crippen molar-refractivity contribution in [3.8, 4) is 11.5 Å². The molecule has 1 amide bonds. The molecular weight excluding hydrogens is 494 g/mol. The molecule has 7 nitrogen and oxygen atoms in total. The molecule has 0 saturated heterocycles. The van der Waals surface area contributed by atoms with Gasteiger partial charge >= 0.3 is 0 Å². The minimum Gasteiger partial charge on any atom is -0.489 e. The molecule has 1 heterocycles. The Morgan fingerprint density at radius 1 is 0.921 bits per heavy atom. The van der Waals surface area contributed by atoms with Gasteiger partial charge in [0, 0.05) is 30.9 Å². The third kappa shape index (κ3) is 7.48. The van der Waals surface area contributed by atoms with Crippen LogP contribution >= 0.6 is 0 Å². The molecule has 1 atom stereocenters. The van der Waals surface area contributed by atoms with E-state index in [4.69, 9.17) is 13.9 Å². The third-order valence-corrected chi connectivity index (χ3v) is 13.0. The van der Waals surface area contributed by atoms with E-state index in [1.807, 2.05) is 43.3 Å². The van der Waals surface area contributed by atoms with Crippen molar-refractivity contribution in [1.82, 2.24) is 9.78 Å². The lowest BCUT2D eigenvalue weighted by molar-refractivity contribution is 0.102. The van der Waals surface area contributed by atoms with Crippen molar-refractivity contribution >= 4 is 20.0 Å². The molecule has 1 aromatic heterocycles. The van der Waals surface area contributed by atoms with Crippen LogP contribution in [0.3, 0.4) is 0 Å². The molecule has 38 heavy (non-hydrogen) atoms. The van der Waals surface area contributed by atoms with Crippen molar-refractivity contribution in [2.75, 3.05) is 11.9 Å². The normalized spacial score (nSPS) is 12.7. The summed E-state index contributed by atoms with van der Waals surface area (Å²) in [6.07, 6.45) is 1.58. The molecule has 0 aliphatic rings. The minimum atomic E-state index is -2.02. The lowest BCUT2D eigenvalue weighted by Crippen LogP contribution is -2.49. The fourth-order valence-electron chi connectivity index (χ4n) is 5.29. The van der Waals surface area contributed by atoms with Gasteiger partial charge in [-0.25, -0.2) is 0 Å². The fourth-order valence-corrected chi connectivity index (χ4v) is 10.8. The SMILES string of the molecule is CC(CO[Si](C(C)C)(C(C)C)C(C)C)Oc1cc(OCc2ccccc2)cc(C(=O)Nc2ccn(C)n2)c1. The summed E-state index contributed by atoms with van der Waals surface area (Å²) in [5.41, 5.74) is 2.95. The van der Waals surface area contributed by atoms with E-state index in [0.29, 0.717) is 52.7 Å². The van der Waals surface area contributed by atoms with E-state index < -0.39 is 8.32 Å². The van der Waals surface area contributed by atoms with Gasteiger partial charge in [-0.15, -0.1) is 0 Å². The number of nitrogens with one attached hydrogen (secondary N) is 1. The molecule has 1 N–H and O–H groups in total. The van der Waals surface area contributed by atoms with Crippen LogP contribution in [-0.2, 0) is 18.1 Å². The Labute approximate surface area is 228 Å². The number of amides is 1. The molecule has 8 heteroatoms. The summed E-state index contributed by atoms with van der Waals surface area (Å²) in [4.78, 5) is 13.1. The number of carbonyl (C=O) groups excluding carboxylic acids is 1. The van der Waals surface area contributed by atoms with Gasteiger partial charge in [-0.2, -0.15) is 5.10 Å². The third-order valence-electron chi connectivity index (χ3n) is 6.96. The van der Waals surface area contributed by atoms with Crippen molar-refractivity contribution in [2.45, 2.75) is 77.8 Å². The monoisotopic (exact) mass is 537 g/mol. The predicted molar refractivity (Wildman–Crippen MR) is 155 cm³/mol. The van der Waals surface area contributed by atoms with Crippen molar-refractivity contribution in [3.63, 3.8) is 0 Å². The van der Waals surface area contributed by atoms with Crippen LogP contribution < -0.4 is 14.8 Å². The van der Waals surface area contributed by atoms with E-state index in [-0.39, 0.29) is 12.0 Å². The second kappa shape index (κ2) is 13.1. The van der Waals surface area contributed by atoms with Crippen molar-refractivity contribution in [2.24, 2.45) is 7.05 Å². The largest absolute Gasteiger partial charge is 0.489 e. The van der Waals surface area contributed by atoms with Gasteiger partial charge < -0.3 is 19.2 Å². The molecule has 1 unspecified atom stereocenters. The van der Waals surface area contributed by atoms with Gasteiger partial charge in [-0.3, -0.25) is 9.48 Å². The smallest absolute Gasteiger partial charge is 0.257 e. The predicted octanol–water partition coefficient (Wildman–Crippen LogP) is 7.21. The van der Waals surface area contributed by atoms with Gasteiger partial charge in [0.05, 0.1) is 6.61 Å². The number of hydrogen-bond acceptors (Lipinski definition) is 5. The van der Waals surface area contributed by atoms with E-state index in [2.05, 4.69) is 52.0 Å². The van der Waals surface area contributed by atoms with Crippen LogP contribution in [0.1, 0.15) is 64.4 Å². The summed E-state index contributed by atoms with van der Waals surface area (Å²) >= 11 is 0. The summed E-state index contributed by atoms with van der Waals surface area (Å²) in [5.74, 6) is 1.31. The molecule has 0 aliphatic heterocycles. The Kier molecular flexibility index (Phi) is 10.2. The van der Waals surface area contributed by atoms with Gasteiger partial charge in [-0.1, -0.05) is 71.9 Å². The second-order valence-corrected chi connectivity index (χ2v) is 16.3. The van der Waals surface area contributed by atoms with E-state index >= 15 is 0 Å². The highest BCUT2D eigenvalue weighted by molar-refractivity contribution is 6.77. The topological polar surface area (TPSA) is 74.6 Å². The number of nitrogens with zero attached hydrogens (tertiary/aromatic N) is 2. The zero-order valence-electron chi connectivity index (χ0n) is 24.0. The molecule has 3 rings (SSSR count). The van der Waals surface area contributed by atoms with Gasteiger partial charge in [0.1, 0.15) is 24.2 Å².